The van der Waals surface area contributed by atoms with Gasteiger partial charge in [0.2, 0.25) is 0 Å². The summed E-state index contributed by atoms with van der Waals surface area (Å²) in [6, 6.07) is 9.84. The van der Waals surface area contributed by atoms with Gasteiger partial charge in [0.25, 0.3) is 5.91 Å². The Balaban J connectivity index is 1.57. The van der Waals surface area contributed by atoms with Crippen LogP contribution in [0, 0.1) is 6.92 Å². The minimum atomic E-state index is 0.0744. The highest BCUT2D eigenvalue weighted by atomic mass is 16.5. The molecule has 1 amide bonds. The molecule has 2 aromatic rings. The summed E-state index contributed by atoms with van der Waals surface area (Å²) in [7, 11) is 1.87. The molecule has 0 radical (unpaired) electrons. The van der Waals surface area contributed by atoms with E-state index in [1.165, 1.54) is 6.42 Å². The lowest BCUT2D eigenvalue weighted by atomic mass is 10.0. The third-order valence-corrected chi connectivity index (χ3v) is 4.85. The summed E-state index contributed by atoms with van der Waals surface area (Å²) < 4.78 is 5.64. The van der Waals surface area contributed by atoms with Crippen molar-refractivity contribution < 1.29 is 9.53 Å². The largest absolute Gasteiger partial charge is 0.378 e. The highest BCUT2D eigenvalue weighted by Gasteiger charge is 2.16. The van der Waals surface area contributed by atoms with E-state index in [-0.39, 0.29) is 5.91 Å². The van der Waals surface area contributed by atoms with Crippen molar-refractivity contribution in [3.05, 3.63) is 53.9 Å². The number of nitrogens with zero attached hydrogens (tertiary/aromatic N) is 2. The molecular formula is C21H26N2O2. The number of amides is 1. The van der Waals surface area contributed by atoms with E-state index in [2.05, 4.69) is 4.98 Å². The molecule has 0 aliphatic carbocycles. The van der Waals surface area contributed by atoms with Crippen LogP contribution in [0.5, 0.6) is 0 Å². The van der Waals surface area contributed by atoms with E-state index >= 15 is 0 Å². The van der Waals surface area contributed by atoms with E-state index in [0.717, 1.165) is 54.7 Å². The Morgan fingerprint density at radius 2 is 2.08 bits per heavy atom. The van der Waals surface area contributed by atoms with E-state index in [0.29, 0.717) is 6.10 Å². The molecule has 1 aliphatic heterocycles. The molecule has 1 aromatic heterocycles. The first-order chi connectivity index (χ1) is 12.1. The summed E-state index contributed by atoms with van der Waals surface area (Å²) in [5.74, 6) is 0.0744. The smallest absolute Gasteiger partial charge is 0.253 e. The Labute approximate surface area is 149 Å². The fraction of sp³-hybridized carbons (Fsp3) is 0.429. The van der Waals surface area contributed by atoms with Gasteiger partial charge in [0.15, 0.2) is 0 Å². The number of pyridine rings is 1. The topological polar surface area (TPSA) is 42.4 Å². The molecule has 1 atom stereocenters. The van der Waals surface area contributed by atoms with E-state index < -0.39 is 0 Å². The maximum absolute atomic E-state index is 12.6. The highest BCUT2D eigenvalue weighted by Crippen LogP contribution is 2.23. The lowest BCUT2D eigenvalue weighted by Gasteiger charge is -2.18. The Kier molecular flexibility index (Phi) is 5.82. The van der Waals surface area contributed by atoms with Crippen molar-refractivity contribution in [1.82, 2.24) is 9.88 Å². The quantitative estimate of drug-likeness (QED) is 0.797. The molecule has 1 aromatic carbocycles. The fourth-order valence-corrected chi connectivity index (χ4v) is 3.34. The Morgan fingerprint density at radius 1 is 1.28 bits per heavy atom. The maximum atomic E-state index is 12.6. The van der Waals surface area contributed by atoms with Crippen LogP contribution >= 0.6 is 0 Å². The predicted octanol–water partition coefficient (Wildman–Crippen LogP) is 4.09. The minimum absolute atomic E-state index is 0.0744. The molecular weight excluding hydrogens is 312 g/mol. The number of benzene rings is 1. The first-order valence-electron chi connectivity index (χ1n) is 9.03. The molecule has 1 saturated heterocycles. The highest BCUT2D eigenvalue weighted by molar-refractivity contribution is 5.94. The van der Waals surface area contributed by atoms with Crippen molar-refractivity contribution in [2.75, 3.05) is 20.2 Å². The summed E-state index contributed by atoms with van der Waals surface area (Å²) >= 11 is 0. The molecule has 1 fully saturated rings. The molecule has 25 heavy (non-hydrogen) atoms. The molecule has 0 N–H and O–H groups in total. The number of hydrogen-bond acceptors (Lipinski definition) is 3. The van der Waals surface area contributed by atoms with Gasteiger partial charge < -0.3 is 9.64 Å². The van der Waals surface area contributed by atoms with Gasteiger partial charge in [0.1, 0.15) is 0 Å². The summed E-state index contributed by atoms with van der Waals surface area (Å²) in [4.78, 5) is 18.5. The van der Waals surface area contributed by atoms with Crippen molar-refractivity contribution >= 4 is 5.91 Å². The normalized spacial score (nSPS) is 16.8. The zero-order valence-corrected chi connectivity index (χ0v) is 15.1. The maximum Gasteiger partial charge on any atom is 0.253 e. The second-order valence-electron chi connectivity index (χ2n) is 6.77. The van der Waals surface area contributed by atoms with Gasteiger partial charge in [-0.15, -0.1) is 0 Å². The van der Waals surface area contributed by atoms with Crippen LogP contribution in [-0.4, -0.2) is 42.1 Å². The van der Waals surface area contributed by atoms with Gasteiger partial charge in [-0.25, -0.2) is 0 Å². The number of carbonyl (C=O) groups is 1. The molecule has 3 rings (SSSR count). The van der Waals surface area contributed by atoms with Gasteiger partial charge in [0.05, 0.1) is 6.10 Å². The second-order valence-corrected chi connectivity index (χ2v) is 6.77. The Bertz CT molecular complexity index is 706. The minimum Gasteiger partial charge on any atom is -0.378 e. The van der Waals surface area contributed by atoms with Crippen LogP contribution in [0.4, 0.5) is 0 Å². The van der Waals surface area contributed by atoms with Crippen molar-refractivity contribution in [2.24, 2.45) is 0 Å². The van der Waals surface area contributed by atoms with Crippen LogP contribution < -0.4 is 0 Å². The van der Waals surface area contributed by atoms with Gasteiger partial charge in [0, 0.05) is 38.2 Å². The van der Waals surface area contributed by atoms with Gasteiger partial charge in [-0.1, -0.05) is 12.1 Å². The number of rotatable bonds is 6. The monoisotopic (exact) mass is 338 g/mol. The van der Waals surface area contributed by atoms with Crippen LogP contribution in [0.3, 0.4) is 0 Å². The first-order valence-corrected chi connectivity index (χ1v) is 9.03. The van der Waals surface area contributed by atoms with E-state index in [1.54, 1.807) is 6.20 Å². The SMILES string of the molecule is Cc1cnccc1-c1ccc(C(=O)N(C)CCC[C@@H]2CCCO2)cc1. The lowest BCUT2D eigenvalue weighted by molar-refractivity contribution is 0.0763. The predicted molar refractivity (Wildman–Crippen MR) is 99.6 cm³/mol. The Hall–Kier alpha value is -2.20. The van der Waals surface area contributed by atoms with Crippen molar-refractivity contribution in [3.8, 4) is 11.1 Å². The zero-order valence-electron chi connectivity index (χ0n) is 15.1. The molecule has 0 bridgehead atoms. The molecule has 4 nitrogen and oxygen atoms in total. The van der Waals surface area contributed by atoms with E-state index in [9.17, 15) is 4.79 Å². The van der Waals surface area contributed by atoms with Crippen molar-refractivity contribution in [3.63, 3.8) is 0 Å². The molecule has 0 saturated carbocycles. The van der Waals surface area contributed by atoms with Crippen molar-refractivity contribution in [1.29, 1.82) is 0 Å². The molecule has 2 heterocycles. The van der Waals surface area contributed by atoms with Crippen LogP contribution in [0.25, 0.3) is 11.1 Å². The average Bonchev–Trinajstić information content (AvgIpc) is 3.15. The van der Waals surface area contributed by atoms with Gasteiger partial charge in [-0.05, 0) is 67.5 Å². The third kappa shape index (κ3) is 4.45. The standard InChI is InChI=1S/C21H26N2O2/c1-16-15-22-12-11-20(16)17-7-9-18(10-8-17)21(24)23(2)13-3-5-19-6-4-14-25-19/h7-12,15,19H,3-6,13-14H2,1-2H3/t19-/m1/s1. The van der Waals surface area contributed by atoms with Crippen molar-refractivity contribution in [2.45, 2.75) is 38.7 Å². The molecule has 0 spiro atoms. The lowest BCUT2D eigenvalue weighted by Crippen LogP contribution is -2.28. The summed E-state index contributed by atoms with van der Waals surface area (Å²) in [5.41, 5.74) is 4.12. The number of aryl methyl sites for hydroxylation is 1. The summed E-state index contributed by atoms with van der Waals surface area (Å²) in [5, 5.41) is 0. The molecule has 1 aliphatic rings. The number of aromatic nitrogens is 1. The third-order valence-electron chi connectivity index (χ3n) is 4.85. The van der Waals surface area contributed by atoms with Crippen LogP contribution in [0.1, 0.15) is 41.6 Å². The average molecular weight is 338 g/mol. The van der Waals surface area contributed by atoms with E-state index in [4.69, 9.17) is 4.74 Å². The number of ether oxygens (including phenoxy) is 1. The van der Waals surface area contributed by atoms with Crippen LogP contribution in [-0.2, 0) is 4.74 Å². The molecule has 4 heteroatoms. The van der Waals surface area contributed by atoms with E-state index in [1.807, 2.05) is 55.4 Å². The second kappa shape index (κ2) is 8.26. The first kappa shape index (κ1) is 17.6. The van der Waals surface area contributed by atoms with Gasteiger partial charge in [-0.3, -0.25) is 9.78 Å². The molecule has 132 valence electrons. The zero-order chi connectivity index (χ0) is 17.6. The summed E-state index contributed by atoms with van der Waals surface area (Å²) in [6.45, 7) is 3.70. The Morgan fingerprint density at radius 3 is 2.76 bits per heavy atom. The number of hydrogen-bond donors (Lipinski definition) is 0. The van der Waals surface area contributed by atoms with Gasteiger partial charge in [-0.2, -0.15) is 0 Å². The van der Waals surface area contributed by atoms with Crippen LogP contribution in [0.2, 0.25) is 0 Å². The van der Waals surface area contributed by atoms with Crippen LogP contribution in [0.15, 0.2) is 42.7 Å². The summed E-state index contributed by atoms with van der Waals surface area (Å²) in [6.07, 6.45) is 8.40. The molecule has 0 unspecified atom stereocenters. The number of carbonyl (C=O) groups excluding carboxylic acids is 1. The fourth-order valence-electron chi connectivity index (χ4n) is 3.34. The van der Waals surface area contributed by atoms with Gasteiger partial charge >= 0.3 is 0 Å².